The molecule has 0 atom stereocenters. The molecule has 0 N–H and O–H groups in total. The molecule has 1 saturated carbocycles. The number of carbonyl (C=O) groups is 1. The van der Waals surface area contributed by atoms with E-state index in [1.54, 1.807) is 11.2 Å². The first-order chi connectivity index (χ1) is 9.66. The Morgan fingerprint density at radius 2 is 1.95 bits per heavy atom. The van der Waals surface area contributed by atoms with Crippen molar-refractivity contribution in [1.82, 2.24) is 9.80 Å². The summed E-state index contributed by atoms with van der Waals surface area (Å²) in [6, 6.07) is 4.32. The molecule has 112 valence electrons. The third kappa shape index (κ3) is 4.37. The number of amides is 1. The lowest BCUT2D eigenvalue weighted by atomic mass is 10.1. The monoisotopic (exact) mass is 278 g/mol. The van der Waals surface area contributed by atoms with Crippen LogP contribution >= 0.6 is 0 Å². The number of nitrogens with zero attached hydrogens (tertiary/aromatic N) is 2. The Balaban J connectivity index is 1.80. The van der Waals surface area contributed by atoms with Gasteiger partial charge in [0.15, 0.2) is 0 Å². The van der Waals surface area contributed by atoms with Crippen molar-refractivity contribution in [2.45, 2.75) is 51.1 Å². The van der Waals surface area contributed by atoms with Crippen LogP contribution in [0.2, 0.25) is 0 Å². The molecule has 1 aromatic heterocycles. The number of carbonyl (C=O) groups excluding carboxylic acids is 1. The average Bonchev–Trinajstić information content (AvgIpc) is 2.78. The van der Waals surface area contributed by atoms with Crippen LogP contribution in [0, 0.1) is 0 Å². The predicted molar refractivity (Wildman–Crippen MR) is 79.3 cm³/mol. The summed E-state index contributed by atoms with van der Waals surface area (Å²) in [6.07, 6.45) is 9.38. The molecule has 1 aliphatic rings. The van der Waals surface area contributed by atoms with Crippen LogP contribution in [0.25, 0.3) is 0 Å². The molecular formula is C16H26N2O2. The van der Waals surface area contributed by atoms with Gasteiger partial charge in [-0.25, -0.2) is 0 Å². The van der Waals surface area contributed by atoms with E-state index < -0.39 is 0 Å². The predicted octanol–water partition coefficient (Wildman–Crippen LogP) is 2.89. The molecule has 1 heterocycles. The van der Waals surface area contributed by atoms with E-state index in [4.69, 9.17) is 4.42 Å². The largest absolute Gasteiger partial charge is 0.467 e. The van der Waals surface area contributed by atoms with Gasteiger partial charge in [0.05, 0.1) is 19.4 Å². The van der Waals surface area contributed by atoms with Crippen molar-refractivity contribution >= 4 is 5.91 Å². The fourth-order valence-corrected chi connectivity index (χ4v) is 2.89. The second kappa shape index (κ2) is 7.48. The van der Waals surface area contributed by atoms with Gasteiger partial charge >= 0.3 is 0 Å². The standard InChI is InChI=1S/C16H26N2O2/c1-17(14-8-5-3-4-6-9-14)13-16(19)18(2)12-15-10-7-11-20-15/h7,10-11,14H,3-6,8-9,12-13H2,1-2H3. The lowest BCUT2D eigenvalue weighted by molar-refractivity contribution is -0.132. The molecule has 1 fully saturated rings. The van der Waals surface area contributed by atoms with Crippen LogP contribution in [-0.4, -0.2) is 42.4 Å². The fourth-order valence-electron chi connectivity index (χ4n) is 2.89. The van der Waals surface area contributed by atoms with Crippen LogP contribution in [0.3, 0.4) is 0 Å². The van der Waals surface area contributed by atoms with Crippen LogP contribution in [0.15, 0.2) is 22.8 Å². The number of rotatable bonds is 5. The van der Waals surface area contributed by atoms with Crippen LogP contribution < -0.4 is 0 Å². The van der Waals surface area contributed by atoms with Crippen molar-refractivity contribution in [1.29, 1.82) is 0 Å². The van der Waals surface area contributed by atoms with E-state index in [0.717, 1.165) is 5.76 Å². The van der Waals surface area contributed by atoms with Gasteiger partial charge in [-0.1, -0.05) is 25.7 Å². The summed E-state index contributed by atoms with van der Waals surface area (Å²) in [5.74, 6) is 0.992. The van der Waals surface area contributed by atoms with E-state index in [0.29, 0.717) is 19.1 Å². The summed E-state index contributed by atoms with van der Waals surface area (Å²) < 4.78 is 5.28. The van der Waals surface area contributed by atoms with Gasteiger partial charge < -0.3 is 9.32 Å². The first kappa shape index (κ1) is 15.1. The van der Waals surface area contributed by atoms with E-state index in [1.165, 1.54) is 38.5 Å². The Hall–Kier alpha value is -1.29. The normalized spacial score (nSPS) is 17.1. The molecule has 0 spiro atoms. The Morgan fingerprint density at radius 1 is 1.25 bits per heavy atom. The molecule has 4 nitrogen and oxygen atoms in total. The second-order valence-electron chi connectivity index (χ2n) is 5.89. The molecule has 2 rings (SSSR count). The zero-order valence-electron chi connectivity index (χ0n) is 12.7. The minimum absolute atomic E-state index is 0.160. The van der Waals surface area contributed by atoms with Crippen molar-refractivity contribution in [2.24, 2.45) is 0 Å². The summed E-state index contributed by atoms with van der Waals surface area (Å²) in [4.78, 5) is 16.2. The van der Waals surface area contributed by atoms with Crippen molar-refractivity contribution in [2.75, 3.05) is 20.6 Å². The first-order valence-electron chi connectivity index (χ1n) is 7.63. The lowest BCUT2D eigenvalue weighted by Crippen LogP contribution is -2.41. The van der Waals surface area contributed by atoms with Crippen LogP contribution in [0.4, 0.5) is 0 Å². The molecular weight excluding hydrogens is 252 g/mol. The van der Waals surface area contributed by atoms with Gasteiger partial charge in [-0.15, -0.1) is 0 Å². The highest BCUT2D eigenvalue weighted by Gasteiger charge is 2.20. The highest BCUT2D eigenvalue weighted by Crippen LogP contribution is 2.21. The molecule has 0 radical (unpaired) electrons. The van der Waals surface area contributed by atoms with E-state index >= 15 is 0 Å². The quantitative estimate of drug-likeness (QED) is 0.777. The van der Waals surface area contributed by atoms with E-state index in [-0.39, 0.29) is 5.91 Å². The SMILES string of the molecule is CN(Cc1ccco1)C(=O)CN(C)C1CCCCCC1. The molecule has 0 saturated heterocycles. The van der Waals surface area contributed by atoms with Crippen LogP contribution in [-0.2, 0) is 11.3 Å². The Bertz CT molecular complexity index is 395. The second-order valence-corrected chi connectivity index (χ2v) is 5.89. The van der Waals surface area contributed by atoms with E-state index in [2.05, 4.69) is 11.9 Å². The third-order valence-electron chi connectivity index (χ3n) is 4.23. The maximum Gasteiger partial charge on any atom is 0.236 e. The van der Waals surface area contributed by atoms with Crippen molar-refractivity contribution in [3.63, 3.8) is 0 Å². The summed E-state index contributed by atoms with van der Waals surface area (Å²) >= 11 is 0. The summed E-state index contributed by atoms with van der Waals surface area (Å²) in [5.41, 5.74) is 0. The van der Waals surface area contributed by atoms with Gasteiger partial charge in [0.1, 0.15) is 5.76 Å². The zero-order valence-corrected chi connectivity index (χ0v) is 12.7. The summed E-state index contributed by atoms with van der Waals surface area (Å²) in [7, 11) is 3.92. The number of hydrogen-bond acceptors (Lipinski definition) is 3. The molecule has 0 aliphatic heterocycles. The van der Waals surface area contributed by atoms with Crippen LogP contribution in [0.1, 0.15) is 44.3 Å². The minimum Gasteiger partial charge on any atom is -0.467 e. The van der Waals surface area contributed by atoms with Gasteiger partial charge in [0.2, 0.25) is 5.91 Å². The first-order valence-corrected chi connectivity index (χ1v) is 7.63. The minimum atomic E-state index is 0.160. The smallest absolute Gasteiger partial charge is 0.236 e. The lowest BCUT2D eigenvalue weighted by Gasteiger charge is -2.28. The maximum atomic E-state index is 12.3. The van der Waals surface area contributed by atoms with Gasteiger partial charge in [-0.3, -0.25) is 9.69 Å². The zero-order chi connectivity index (χ0) is 14.4. The molecule has 1 aliphatic carbocycles. The average molecular weight is 278 g/mol. The molecule has 1 aromatic rings. The number of likely N-dealkylation sites (N-methyl/N-ethyl adjacent to an activating group) is 2. The molecule has 0 unspecified atom stereocenters. The highest BCUT2D eigenvalue weighted by molar-refractivity contribution is 5.77. The maximum absolute atomic E-state index is 12.3. The van der Waals surface area contributed by atoms with E-state index in [9.17, 15) is 4.79 Å². The van der Waals surface area contributed by atoms with Gasteiger partial charge in [0, 0.05) is 13.1 Å². The summed E-state index contributed by atoms with van der Waals surface area (Å²) in [6.45, 7) is 1.05. The topological polar surface area (TPSA) is 36.7 Å². The van der Waals surface area contributed by atoms with Crippen molar-refractivity contribution in [3.8, 4) is 0 Å². The Kier molecular flexibility index (Phi) is 5.65. The Labute approximate surface area is 121 Å². The number of hydrogen-bond donors (Lipinski definition) is 0. The Morgan fingerprint density at radius 3 is 2.55 bits per heavy atom. The molecule has 1 amide bonds. The van der Waals surface area contributed by atoms with Gasteiger partial charge in [0.25, 0.3) is 0 Å². The van der Waals surface area contributed by atoms with Crippen molar-refractivity contribution < 1.29 is 9.21 Å². The van der Waals surface area contributed by atoms with E-state index in [1.807, 2.05) is 19.2 Å². The highest BCUT2D eigenvalue weighted by atomic mass is 16.3. The molecule has 0 bridgehead atoms. The number of furan rings is 1. The third-order valence-corrected chi connectivity index (χ3v) is 4.23. The summed E-state index contributed by atoms with van der Waals surface area (Å²) in [5, 5.41) is 0. The fraction of sp³-hybridized carbons (Fsp3) is 0.688. The molecule has 4 heteroatoms. The van der Waals surface area contributed by atoms with Crippen LogP contribution in [0.5, 0.6) is 0 Å². The molecule has 0 aromatic carbocycles. The van der Waals surface area contributed by atoms with Gasteiger partial charge in [-0.2, -0.15) is 0 Å². The van der Waals surface area contributed by atoms with Crippen molar-refractivity contribution in [3.05, 3.63) is 24.2 Å². The molecule has 20 heavy (non-hydrogen) atoms. The van der Waals surface area contributed by atoms with Gasteiger partial charge in [-0.05, 0) is 32.0 Å².